The quantitative estimate of drug-likeness (QED) is 0.435. The van der Waals surface area contributed by atoms with Gasteiger partial charge in [-0.1, -0.05) is 11.6 Å². The minimum atomic E-state index is -0.457. The monoisotopic (exact) mass is 500 g/mol. The number of fused-ring (bicyclic) bond motifs is 4. The number of ether oxygens (including phenoxy) is 2. The molecule has 1 heterocycles. The first-order valence-corrected chi connectivity index (χ1v) is 12.0. The van der Waals surface area contributed by atoms with Gasteiger partial charge >= 0.3 is 0 Å². The number of hydrogen-bond acceptors (Lipinski definition) is 5. The second kappa shape index (κ2) is 9.37. The number of amides is 2. The van der Waals surface area contributed by atoms with Crippen molar-refractivity contribution in [1.82, 2.24) is 20.8 Å². The molecule has 184 valence electrons. The minimum Gasteiger partial charge on any atom is -0.484 e. The first-order chi connectivity index (χ1) is 16.8. The molecule has 6 rings (SSSR count). The van der Waals surface area contributed by atoms with E-state index < -0.39 is 5.82 Å². The molecule has 35 heavy (non-hydrogen) atoms. The summed E-state index contributed by atoms with van der Waals surface area (Å²) in [7, 11) is 0. The molecule has 8 nitrogen and oxygen atoms in total. The highest BCUT2D eigenvalue weighted by molar-refractivity contribution is 6.30. The third kappa shape index (κ3) is 5.19. The Bertz CT molecular complexity index is 1220. The molecule has 0 aliphatic heterocycles. The van der Waals surface area contributed by atoms with Gasteiger partial charge in [-0.05, 0) is 62.8 Å². The van der Waals surface area contributed by atoms with Crippen molar-refractivity contribution in [3.63, 3.8) is 0 Å². The predicted molar refractivity (Wildman–Crippen MR) is 128 cm³/mol. The molecule has 0 atom stereocenters. The molecule has 2 aromatic carbocycles. The van der Waals surface area contributed by atoms with Crippen LogP contribution in [0.1, 0.15) is 38.5 Å². The summed E-state index contributed by atoms with van der Waals surface area (Å²) in [6.07, 6.45) is 6.05. The molecule has 0 radical (unpaired) electrons. The van der Waals surface area contributed by atoms with Crippen LogP contribution in [0.4, 0.5) is 4.39 Å². The topological polar surface area (TPSA) is 105 Å². The Hall–Kier alpha value is -3.33. The Morgan fingerprint density at radius 1 is 0.914 bits per heavy atom. The average molecular weight is 501 g/mol. The summed E-state index contributed by atoms with van der Waals surface area (Å²) in [6, 6.07) is 9.74. The van der Waals surface area contributed by atoms with E-state index in [0.29, 0.717) is 21.7 Å². The van der Waals surface area contributed by atoms with E-state index in [1.807, 2.05) is 0 Å². The Morgan fingerprint density at radius 3 is 2.03 bits per heavy atom. The van der Waals surface area contributed by atoms with Crippen molar-refractivity contribution in [3.8, 4) is 11.5 Å². The van der Waals surface area contributed by atoms with Crippen LogP contribution in [0, 0.1) is 5.82 Å². The predicted octanol–water partition coefficient (Wildman–Crippen LogP) is 3.89. The molecule has 3 aliphatic carbocycles. The van der Waals surface area contributed by atoms with Crippen LogP contribution in [0.25, 0.3) is 10.9 Å². The summed E-state index contributed by atoms with van der Waals surface area (Å²) < 4.78 is 25.2. The third-order valence-corrected chi connectivity index (χ3v) is 7.34. The highest BCUT2D eigenvalue weighted by Gasteiger charge is 2.49. The van der Waals surface area contributed by atoms with Gasteiger partial charge in [-0.2, -0.15) is 5.10 Å². The molecule has 0 unspecified atom stereocenters. The zero-order valence-electron chi connectivity index (χ0n) is 19.0. The lowest BCUT2D eigenvalue weighted by molar-refractivity contribution is -0.130. The van der Waals surface area contributed by atoms with E-state index in [0.717, 1.165) is 38.5 Å². The van der Waals surface area contributed by atoms with Gasteiger partial charge in [0.2, 0.25) is 0 Å². The summed E-state index contributed by atoms with van der Waals surface area (Å²) >= 11 is 5.87. The molecule has 1 aromatic heterocycles. The van der Waals surface area contributed by atoms with Crippen LogP contribution in [0.3, 0.4) is 0 Å². The van der Waals surface area contributed by atoms with E-state index in [1.54, 1.807) is 30.3 Å². The van der Waals surface area contributed by atoms with Crippen LogP contribution in [0.2, 0.25) is 5.02 Å². The summed E-state index contributed by atoms with van der Waals surface area (Å²) in [5.41, 5.74) is -0.0540. The van der Waals surface area contributed by atoms with E-state index >= 15 is 0 Å². The van der Waals surface area contributed by atoms with Gasteiger partial charge in [0, 0.05) is 28.2 Å². The van der Waals surface area contributed by atoms with Crippen LogP contribution < -0.4 is 20.1 Å². The Morgan fingerprint density at radius 2 is 1.46 bits per heavy atom. The van der Waals surface area contributed by atoms with Crippen LogP contribution in [-0.2, 0) is 9.59 Å². The van der Waals surface area contributed by atoms with Crippen molar-refractivity contribution in [2.24, 2.45) is 0 Å². The van der Waals surface area contributed by atoms with E-state index in [4.69, 9.17) is 21.1 Å². The zero-order valence-corrected chi connectivity index (χ0v) is 19.8. The lowest BCUT2D eigenvalue weighted by Gasteiger charge is -2.53. The first kappa shape index (κ1) is 23.4. The molecule has 3 saturated carbocycles. The maximum Gasteiger partial charge on any atom is 0.258 e. The van der Waals surface area contributed by atoms with E-state index in [-0.39, 0.29) is 41.9 Å². The SMILES string of the molecule is O=C(COc1ccc(Cl)cc1)NC12CCC(NC(=O)COc3cc(F)c4cn[nH]c4c3)(CC1)CC2. The second-order valence-electron chi connectivity index (χ2n) is 9.42. The number of hydrogen-bond donors (Lipinski definition) is 3. The van der Waals surface area contributed by atoms with Crippen LogP contribution in [0.15, 0.2) is 42.6 Å². The number of halogens is 2. The smallest absolute Gasteiger partial charge is 0.258 e. The van der Waals surface area contributed by atoms with Crippen molar-refractivity contribution in [2.75, 3.05) is 13.2 Å². The number of carbonyl (C=O) groups excluding carboxylic acids is 2. The highest BCUT2D eigenvalue weighted by Crippen LogP contribution is 2.46. The zero-order chi connectivity index (χ0) is 24.5. The van der Waals surface area contributed by atoms with E-state index in [9.17, 15) is 14.0 Å². The molecule has 0 spiro atoms. The largest absolute Gasteiger partial charge is 0.484 e. The first-order valence-electron chi connectivity index (χ1n) is 11.6. The van der Waals surface area contributed by atoms with Gasteiger partial charge in [-0.25, -0.2) is 4.39 Å². The van der Waals surface area contributed by atoms with Crippen molar-refractivity contribution in [1.29, 1.82) is 0 Å². The summed E-state index contributed by atoms with van der Waals surface area (Å²) in [5, 5.41) is 13.8. The molecule has 2 amide bonds. The standard InChI is InChI=1S/C25H26ClFN4O4/c26-16-1-3-17(4-2-16)34-14-22(32)29-24-5-8-25(9-6-24,10-7-24)30-23(33)15-35-18-11-20(27)19-13-28-31-21(19)12-18/h1-4,11-13H,5-10,14-15H2,(H,28,31)(H,29,32)(H,30,33). The van der Waals surface area contributed by atoms with Crippen LogP contribution in [-0.4, -0.2) is 46.3 Å². The Labute approximate surface area is 206 Å². The number of H-pyrrole nitrogens is 1. The molecule has 3 fully saturated rings. The second-order valence-corrected chi connectivity index (χ2v) is 9.86. The molecule has 3 aromatic rings. The van der Waals surface area contributed by atoms with Crippen molar-refractivity contribution in [3.05, 3.63) is 53.4 Å². The van der Waals surface area contributed by atoms with Crippen molar-refractivity contribution >= 4 is 34.3 Å². The number of benzene rings is 2. The fraction of sp³-hybridized carbons (Fsp3) is 0.400. The van der Waals surface area contributed by atoms with Crippen molar-refractivity contribution < 1.29 is 23.5 Å². The lowest BCUT2D eigenvalue weighted by atomic mass is 9.61. The highest BCUT2D eigenvalue weighted by atomic mass is 35.5. The van der Waals surface area contributed by atoms with Crippen LogP contribution >= 0.6 is 11.6 Å². The average Bonchev–Trinajstić information content (AvgIpc) is 3.33. The molecule has 10 heteroatoms. The number of rotatable bonds is 8. The van der Waals surface area contributed by atoms with Crippen molar-refractivity contribution in [2.45, 2.75) is 49.6 Å². The number of nitrogens with one attached hydrogen (secondary N) is 3. The Balaban J connectivity index is 1.09. The summed E-state index contributed by atoms with van der Waals surface area (Å²) in [5.74, 6) is -0.00724. The lowest BCUT2D eigenvalue weighted by Crippen LogP contribution is -2.64. The third-order valence-electron chi connectivity index (χ3n) is 7.09. The van der Waals surface area contributed by atoms with E-state index in [1.165, 1.54) is 12.3 Å². The normalized spacial score (nSPS) is 23.1. The number of carbonyl (C=O) groups is 2. The van der Waals surface area contributed by atoms with Gasteiger partial charge in [0.1, 0.15) is 17.3 Å². The molecular formula is C25H26ClFN4O4. The van der Waals surface area contributed by atoms with Crippen LogP contribution in [0.5, 0.6) is 11.5 Å². The maximum absolute atomic E-state index is 14.1. The maximum atomic E-state index is 14.1. The number of aromatic nitrogens is 2. The molecule has 3 N–H and O–H groups in total. The molecular weight excluding hydrogens is 475 g/mol. The molecule has 0 saturated heterocycles. The summed E-state index contributed by atoms with van der Waals surface area (Å²) in [4.78, 5) is 25.1. The minimum absolute atomic E-state index is 0.0620. The van der Waals surface area contributed by atoms with Gasteiger partial charge in [-0.15, -0.1) is 0 Å². The van der Waals surface area contributed by atoms with Gasteiger partial charge in [-0.3, -0.25) is 14.7 Å². The fourth-order valence-electron chi connectivity index (χ4n) is 5.12. The van der Waals surface area contributed by atoms with Gasteiger partial charge in [0.15, 0.2) is 13.2 Å². The van der Waals surface area contributed by atoms with E-state index in [2.05, 4.69) is 20.8 Å². The number of nitrogens with zero attached hydrogens (tertiary/aromatic N) is 1. The Kier molecular flexibility index (Phi) is 6.27. The fourth-order valence-corrected chi connectivity index (χ4v) is 5.25. The van der Waals surface area contributed by atoms with Gasteiger partial charge in [0.25, 0.3) is 11.8 Å². The molecule has 2 bridgehead atoms. The molecule has 3 aliphatic rings. The van der Waals surface area contributed by atoms with Gasteiger partial charge in [0.05, 0.1) is 17.1 Å². The number of aromatic amines is 1. The summed E-state index contributed by atoms with van der Waals surface area (Å²) in [6.45, 7) is -0.266. The van der Waals surface area contributed by atoms with Gasteiger partial charge < -0.3 is 20.1 Å².